The van der Waals surface area contributed by atoms with Crippen molar-refractivity contribution >= 4 is 35.1 Å². The van der Waals surface area contributed by atoms with Crippen molar-refractivity contribution < 1.29 is 19.5 Å². The van der Waals surface area contributed by atoms with E-state index in [-0.39, 0.29) is 19.5 Å². The Labute approximate surface area is 182 Å². The number of aromatic nitrogens is 3. The maximum Gasteiger partial charge on any atom is 0.326 e. The van der Waals surface area contributed by atoms with Crippen LogP contribution in [0.1, 0.15) is 5.56 Å². The predicted molar refractivity (Wildman–Crippen MR) is 112 cm³/mol. The molecule has 2 aromatic carbocycles. The lowest BCUT2D eigenvalue weighted by molar-refractivity contribution is -0.152. The van der Waals surface area contributed by atoms with E-state index in [4.69, 9.17) is 11.6 Å². The quantitative estimate of drug-likeness (QED) is 0.627. The van der Waals surface area contributed by atoms with Gasteiger partial charge in [0.2, 0.25) is 11.8 Å². The molecule has 1 atom stereocenters. The standard InChI is InChI=1S/C21H18ClN5O4/c22-15-6-7-16(27-9-8-23-24-27)17(11-15)25-12-20(29)26(13-19(25)28)18(21(30)31)10-14-4-2-1-3-5-14/h1-9,11,18H,10,12-13H2,(H,30,31). The van der Waals surface area contributed by atoms with Gasteiger partial charge in [-0.1, -0.05) is 47.1 Å². The maximum absolute atomic E-state index is 13.0. The molecule has 4 rings (SSSR count). The smallest absolute Gasteiger partial charge is 0.326 e. The molecule has 1 aromatic heterocycles. The number of hydrogen-bond donors (Lipinski definition) is 1. The number of piperazine rings is 1. The van der Waals surface area contributed by atoms with Crippen LogP contribution in [0.2, 0.25) is 5.02 Å². The molecular formula is C21H18ClN5O4. The summed E-state index contributed by atoms with van der Waals surface area (Å²) in [5, 5.41) is 17.8. The number of carbonyl (C=O) groups is 3. The number of carbonyl (C=O) groups excluding carboxylic acids is 2. The number of rotatable bonds is 6. The second-order valence-corrected chi connectivity index (χ2v) is 7.46. The highest BCUT2D eigenvalue weighted by Gasteiger charge is 2.38. The lowest BCUT2D eigenvalue weighted by atomic mass is 10.0. The van der Waals surface area contributed by atoms with Crippen molar-refractivity contribution in [3.05, 3.63) is 71.5 Å². The highest BCUT2D eigenvalue weighted by Crippen LogP contribution is 2.29. The number of halogens is 1. The molecule has 2 amide bonds. The van der Waals surface area contributed by atoms with Crippen LogP contribution in [0.5, 0.6) is 0 Å². The minimum Gasteiger partial charge on any atom is -0.480 e. The van der Waals surface area contributed by atoms with Crippen LogP contribution < -0.4 is 4.90 Å². The van der Waals surface area contributed by atoms with Gasteiger partial charge >= 0.3 is 5.97 Å². The predicted octanol–water partition coefficient (Wildman–Crippen LogP) is 1.79. The first-order chi connectivity index (χ1) is 14.9. The Bertz CT molecular complexity index is 1120. The number of benzene rings is 2. The van der Waals surface area contributed by atoms with Gasteiger partial charge in [-0.05, 0) is 23.8 Å². The summed E-state index contributed by atoms with van der Waals surface area (Å²) < 4.78 is 1.46. The Hall–Kier alpha value is -3.72. The fourth-order valence-electron chi connectivity index (χ4n) is 3.55. The third-order valence-corrected chi connectivity index (χ3v) is 5.29. The van der Waals surface area contributed by atoms with E-state index in [9.17, 15) is 19.5 Å². The first-order valence-corrected chi connectivity index (χ1v) is 9.84. The van der Waals surface area contributed by atoms with Crippen LogP contribution in [-0.2, 0) is 20.8 Å². The van der Waals surface area contributed by atoms with Gasteiger partial charge in [-0.15, -0.1) is 5.10 Å². The van der Waals surface area contributed by atoms with E-state index in [0.29, 0.717) is 16.4 Å². The Kier molecular flexibility index (Phi) is 5.68. The molecule has 0 aliphatic carbocycles. The van der Waals surface area contributed by atoms with Gasteiger partial charge in [0, 0.05) is 11.4 Å². The number of amides is 2. The third-order valence-electron chi connectivity index (χ3n) is 5.05. The Balaban J connectivity index is 1.61. The van der Waals surface area contributed by atoms with Crippen molar-refractivity contribution in [1.29, 1.82) is 0 Å². The minimum atomic E-state index is -1.16. The van der Waals surface area contributed by atoms with Gasteiger partial charge in [-0.2, -0.15) is 0 Å². The minimum absolute atomic E-state index is 0.108. The van der Waals surface area contributed by atoms with E-state index in [1.807, 2.05) is 6.07 Å². The fraction of sp³-hybridized carbons (Fsp3) is 0.190. The lowest BCUT2D eigenvalue weighted by Crippen LogP contribution is -2.59. The number of aliphatic carboxylic acids is 1. The normalized spacial score (nSPS) is 15.3. The molecule has 31 heavy (non-hydrogen) atoms. The molecule has 0 radical (unpaired) electrons. The SMILES string of the molecule is O=C(O)C(Cc1ccccc1)N1CC(=O)N(c2cc(Cl)ccc2-n2ccnn2)CC1=O. The lowest BCUT2D eigenvalue weighted by Gasteiger charge is -2.37. The summed E-state index contributed by atoms with van der Waals surface area (Å²) in [6.07, 6.45) is 3.20. The Morgan fingerprint density at radius 2 is 1.84 bits per heavy atom. The molecule has 1 fully saturated rings. The first kappa shape index (κ1) is 20.5. The van der Waals surface area contributed by atoms with Crippen molar-refractivity contribution in [2.24, 2.45) is 0 Å². The van der Waals surface area contributed by atoms with Gasteiger partial charge in [-0.25, -0.2) is 9.48 Å². The van der Waals surface area contributed by atoms with Crippen molar-refractivity contribution in [2.75, 3.05) is 18.0 Å². The van der Waals surface area contributed by atoms with Gasteiger partial charge in [0.05, 0.1) is 23.8 Å². The summed E-state index contributed by atoms with van der Waals surface area (Å²) in [5.41, 5.74) is 1.68. The molecule has 1 saturated heterocycles. The molecule has 3 aromatic rings. The number of anilines is 1. The first-order valence-electron chi connectivity index (χ1n) is 9.47. The highest BCUT2D eigenvalue weighted by atomic mass is 35.5. The summed E-state index contributed by atoms with van der Waals surface area (Å²) in [4.78, 5) is 40.3. The maximum atomic E-state index is 13.0. The molecule has 1 unspecified atom stereocenters. The molecular weight excluding hydrogens is 422 g/mol. The largest absolute Gasteiger partial charge is 0.480 e. The van der Waals surface area contributed by atoms with Crippen LogP contribution in [0.25, 0.3) is 5.69 Å². The molecule has 1 aliphatic rings. The summed E-state index contributed by atoms with van der Waals surface area (Å²) >= 11 is 6.14. The van der Waals surface area contributed by atoms with Gasteiger partial charge in [-0.3, -0.25) is 14.5 Å². The molecule has 9 nitrogen and oxygen atoms in total. The Morgan fingerprint density at radius 1 is 1.06 bits per heavy atom. The summed E-state index contributed by atoms with van der Waals surface area (Å²) in [5.74, 6) is -2.04. The monoisotopic (exact) mass is 439 g/mol. The second kappa shape index (κ2) is 8.57. The number of nitrogens with zero attached hydrogens (tertiary/aromatic N) is 5. The molecule has 10 heteroatoms. The number of carboxylic acids is 1. The van der Waals surface area contributed by atoms with Gasteiger partial charge in [0.25, 0.3) is 0 Å². The van der Waals surface area contributed by atoms with Crippen molar-refractivity contribution in [3.63, 3.8) is 0 Å². The average molecular weight is 440 g/mol. The second-order valence-electron chi connectivity index (χ2n) is 7.03. The topological polar surface area (TPSA) is 109 Å². The van der Waals surface area contributed by atoms with Crippen LogP contribution in [0, 0.1) is 0 Å². The molecule has 1 N–H and O–H groups in total. The van der Waals surface area contributed by atoms with E-state index >= 15 is 0 Å². The number of hydrogen-bond acceptors (Lipinski definition) is 5. The van der Waals surface area contributed by atoms with Crippen molar-refractivity contribution in [3.8, 4) is 5.69 Å². The van der Waals surface area contributed by atoms with Crippen molar-refractivity contribution in [1.82, 2.24) is 19.9 Å². The summed E-state index contributed by atoms with van der Waals surface area (Å²) in [6.45, 7) is -0.661. The van der Waals surface area contributed by atoms with E-state index in [0.717, 1.165) is 10.5 Å². The zero-order valence-electron chi connectivity index (χ0n) is 16.3. The van der Waals surface area contributed by atoms with E-state index in [1.54, 1.807) is 48.7 Å². The zero-order chi connectivity index (χ0) is 22.0. The van der Waals surface area contributed by atoms with Crippen LogP contribution in [0.3, 0.4) is 0 Å². The fourth-order valence-corrected chi connectivity index (χ4v) is 3.71. The van der Waals surface area contributed by atoms with Gasteiger partial charge in [0.1, 0.15) is 19.1 Å². The zero-order valence-corrected chi connectivity index (χ0v) is 17.0. The summed E-state index contributed by atoms with van der Waals surface area (Å²) in [6, 6.07) is 12.7. The molecule has 1 aliphatic heterocycles. The van der Waals surface area contributed by atoms with Gasteiger partial charge in [0.15, 0.2) is 0 Å². The van der Waals surface area contributed by atoms with Crippen molar-refractivity contribution in [2.45, 2.75) is 12.5 Å². The molecule has 0 spiro atoms. The van der Waals surface area contributed by atoms with E-state index in [2.05, 4.69) is 10.3 Å². The molecule has 0 saturated carbocycles. The van der Waals surface area contributed by atoms with Crippen LogP contribution in [-0.4, -0.2) is 61.9 Å². The number of carboxylic acid groups (broad SMARTS) is 1. The van der Waals surface area contributed by atoms with Crippen LogP contribution in [0.4, 0.5) is 5.69 Å². The van der Waals surface area contributed by atoms with Crippen LogP contribution in [0.15, 0.2) is 60.9 Å². The molecule has 2 heterocycles. The highest BCUT2D eigenvalue weighted by molar-refractivity contribution is 6.31. The van der Waals surface area contributed by atoms with E-state index in [1.165, 1.54) is 15.8 Å². The summed E-state index contributed by atoms with van der Waals surface area (Å²) in [7, 11) is 0. The van der Waals surface area contributed by atoms with E-state index < -0.39 is 23.8 Å². The molecule has 158 valence electrons. The van der Waals surface area contributed by atoms with Gasteiger partial charge < -0.3 is 10.0 Å². The molecule has 0 bridgehead atoms. The third kappa shape index (κ3) is 4.26. The van der Waals surface area contributed by atoms with Crippen LogP contribution >= 0.6 is 11.6 Å². The average Bonchev–Trinajstić information content (AvgIpc) is 3.29. The Morgan fingerprint density at radius 3 is 2.52 bits per heavy atom.